The predicted octanol–water partition coefficient (Wildman–Crippen LogP) is 3.22. The van der Waals surface area contributed by atoms with Crippen LogP contribution < -0.4 is 10.1 Å². The first-order chi connectivity index (χ1) is 22.8. The van der Waals surface area contributed by atoms with Gasteiger partial charge in [0.25, 0.3) is 18.1 Å². The molecule has 6 rings (SSSR count). The van der Waals surface area contributed by atoms with Gasteiger partial charge in [0.05, 0.1) is 23.2 Å². The minimum absolute atomic E-state index is 0.0985. The first kappa shape index (κ1) is 33.1. The lowest BCUT2D eigenvalue weighted by atomic mass is 10.1. The van der Waals surface area contributed by atoms with Crippen LogP contribution in [0.4, 0.5) is 0 Å². The fraction of sp³-hybridized carbons (Fsp3) is 0.424. The van der Waals surface area contributed by atoms with Gasteiger partial charge in [0.2, 0.25) is 11.8 Å². The molecule has 0 saturated carbocycles. The van der Waals surface area contributed by atoms with E-state index in [2.05, 4.69) is 25.0 Å². The van der Waals surface area contributed by atoms with Crippen LogP contribution in [0.1, 0.15) is 53.8 Å². The Labute approximate surface area is 271 Å². The molecule has 1 fully saturated rings. The van der Waals surface area contributed by atoms with Crippen molar-refractivity contribution in [3.63, 3.8) is 0 Å². The van der Waals surface area contributed by atoms with Gasteiger partial charge >= 0.3 is 0 Å². The summed E-state index contributed by atoms with van der Waals surface area (Å²) in [5.41, 5.74) is 3.12. The largest absolute Gasteiger partial charge is 0.492 e. The molecule has 14 heteroatoms. The van der Waals surface area contributed by atoms with Crippen LogP contribution in [0.2, 0.25) is 0 Å². The number of benzene rings is 1. The number of carboxylic acid groups (broad SMARTS) is 1. The topological polar surface area (TPSA) is 173 Å². The van der Waals surface area contributed by atoms with E-state index in [9.17, 15) is 14.4 Å². The van der Waals surface area contributed by atoms with E-state index < -0.39 is 6.04 Å². The Balaban J connectivity index is 0.00000139. The van der Waals surface area contributed by atoms with Gasteiger partial charge < -0.3 is 34.1 Å². The lowest BCUT2D eigenvalue weighted by Crippen LogP contribution is -2.46. The van der Waals surface area contributed by atoms with Gasteiger partial charge in [0, 0.05) is 56.3 Å². The summed E-state index contributed by atoms with van der Waals surface area (Å²) in [4.78, 5) is 60.3. The smallest absolute Gasteiger partial charge is 0.290 e. The van der Waals surface area contributed by atoms with E-state index >= 15 is 0 Å². The summed E-state index contributed by atoms with van der Waals surface area (Å²) < 4.78 is 13.6. The monoisotopic (exact) mass is 645 g/mol. The lowest BCUT2D eigenvalue weighted by Gasteiger charge is -2.27. The minimum atomic E-state index is -0.513. The fourth-order valence-electron chi connectivity index (χ4n) is 6.01. The molecule has 1 saturated heterocycles. The van der Waals surface area contributed by atoms with Crippen LogP contribution in [0.25, 0.3) is 22.5 Å². The number of fused-ring (bicyclic) bond motifs is 5. The maximum Gasteiger partial charge on any atom is 0.290 e. The third kappa shape index (κ3) is 7.94. The van der Waals surface area contributed by atoms with E-state index in [0.717, 1.165) is 11.4 Å². The van der Waals surface area contributed by atoms with Gasteiger partial charge in [0.1, 0.15) is 24.2 Å². The van der Waals surface area contributed by atoms with Gasteiger partial charge in [-0.1, -0.05) is 17.3 Å². The molecule has 2 aliphatic rings. The maximum absolute atomic E-state index is 14.1. The average Bonchev–Trinajstić information content (AvgIpc) is 3.80. The first-order valence-electron chi connectivity index (χ1n) is 15.7. The molecule has 0 spiro atoms. The summed E-state index contributed by atoms with van der Waals surface area (Å²) in [5, 5.41) is 14.4. The van der Waals surface area contributed by atoms with Crippen molar-refractivity contribution in [2.75, 3.05) is 32.8 Å². The highest BCUT2D eigenvalue weighted by Crippen LogP contribution is 2.25. The summed E-state index contributed by atoms with van der Waals surface area (Å²) in [6.45, 7) is 6.31. The van der Waals surface area contributed by atoms with Crippen LogP contribution in [-0.4, -0.2) is 97.6 Å². The standard InChI is InChI=1S/C32H37N7O5.CH2O2/c1-21-19-25(28-22(2)36-44-30(28)34-21)31(41)38-12-3-4-13-39(32(42)26-9-10-27(40)35-26)17-18-43-24-8-5-7-23(20-24)29-33-11-16-37(29)14-6-15-38;2-1-3/h5,7-8,11,16,19-20,26H,3-4,6,9-10,12-15,17-18H2,1-2H3,(H,35,40);1H,(H,2,3). The van der Waals surface area contributed by atoms with E-state index in [1.54, 1.807) is 17.2 Å². The number of amides is 3. The molecule has 2 bridgehead atoms. The van der Waals surface area contributed by atoms with E-state index in [1.807, 2.05) is 49.2 Å². The van der Waals surface area contributed by atoms with Crippen molar-refractivity contribution in [3.05, 3.63) is 59.7 Å². The van der Waals surface area contributed by atoms with Crippen LogP contribution in [0.3, 0.4) is 0 Å². The Morgan fingerprint density at radius 1 is 1.04 bits per heavy atom. The highest BCUT2D eigenvalue weighted by Gasteiger charge is 2.31. The number of hydrogen-bond acceptors (Lipinski definition) is 9. The number of pyridine rings is 1. The van der Waals surface area contributed by atoms with Crippen LogP contribution in [0.5, 0.6) is 5.75 Å². The molecule has 1 unspecified atom stereocenters. The molecule has 248 valence electrons. The Morgan fingerprint density at radius 2 is 1.81 bits per heavy atom. The second kappa shape index (κ2) is 15.3. The van der Waals surface area contributed by atoms with E-state index in [4.69, 9.17) is 19.2 Å². The fourth-order valence-corrected chi connectivity index (χ4v) is 6.01. The lowest BCUT2D eigenvalue weighted by molar-refractivity contribution is -0.134. The zero-order valence-electron chi connectivity index (χ0n) is 26.6. The normalized spacial score (nSPS) is 17.5. The number of imidazole rings is 1. The molecular weight excluding hydrogens is 606 g/mol. The molecule has 0 aliphatic carbocycles. The maximum atomic E-state index is 14.1. The molecule has 3 amide bonds. The summed E-state index contributed by atoms with van der Waals surface area (Å²) in [6, 6.07) is 9.06. The van der Waals surface area contributed by atoms with Crippen molar-refractivity contribution in [1.29, 1.82) is 0 Å². The van der Waals surface area contributed by atoms with Gasteiger partial charge in [-0.15, -0.1) is 0 Å². The van der Waals surface area contributed by atoms with Gasteiger partial charge in [0.15, 0.2) is 0 Å². The SMILES string of the molecule is Cc1cc(C(=O)N2CCCCN(C(=O)C3CCC(=O)N3)CCOc3cccc(c3)-c3nccn3CCC2)c2c(C)noc2n1.O=CO. The quantitative estimate of drug-likeness (QED) is 0.308. The molecule has 47 heavy (non-hydrogen) atoms. The van der Waals surface area contributed by atoms with Crippen LogP contribution in [0.15, 0.2) is 47.2 Å². The van der Waals surface area contributed by atoms with Gasteiger partial charge in [-0.25, -0.2) is 9.97 Å². The second-order valence-corrected chi connectivity index (χ2v) is 11.5. The van der Waals surface area contributed by atoms with E-state index in [1.165, 1.54) is 0 Å². The zero-order chi connectivity index (χ0) is 33.3. The number of nitrogens with zero attached hydrogens (tertiary/aromatic N) is 6. The van der Waals surface area contributed by atoms with Crippen molar-refractivity contribution < 1.29 is 33.5 Å². The summed E-state index contributed by atoms with van der Waals surface area (Å²) in [5.74, 6) is 1.22. The average molecular weight is 646 g/mol. The second-order valence-electron chi connectivity index (χ2n) is 11.5. The molecule has 0 radical (unpaired) electrons. The summed E-state index contributed by atoms with van der Waals surface area (Å²) >= 11 is 0. The number of aromatic nitrogens is 4. The molecule has 2 N–H and O–H groups in total. The van der Waals surface area contributed by atoms with Crippen LogP contribution in [-0.2, 0) is 20.9 Å². The molecule has 1 atom stereocenters. The molecule has 1 aromatic carbocycles. The number of nitrogens with one attached hydrogen (secondary N) is 1. The van der Waals surface area contributed by atoms with Crippen molar-refractivity contribution in [2.45, 2.75) is 58.5 Å². The van der Waals surface area contributed by atoms with Crippen molar-refractivity contribution in [3.8, 4) is 17.1 Å². The van der Waals surface area contributed by atoms with E-state index in [0.29, 0.717) is 105 Å². The minimum Gasteiger partial charge on any atom is -0.492 e. The number of aryl methyl sites for hydroxylation is 3. The summed E-state index contributed by atoms with van der Waals surface area (Å²) in [6.07, 6.45) is 6.68. The van der Waals surface area contributed by atoms with E-state index in [-0.39, 0.29) is 24.2 Å². The molecule has 14 nitrogen and oxygen atoms in total. The summed E-state index contributed by atoms with van der Waals surface area (Å²) in [7, 11) is 0. The van der Waals surface area contributed by atoms with Gasteiger partial charge in [-0.3, -0.25) is 19.2 Å². The predicted molar refractivity (Wildman–Crippen MR) is 171 cm³/mol. The van der Waals surface area contributed by atoms with Gasteiger partial charge in [-0.05, 0) is 57.7 Å². The van der Waals surface area contributed by atoms with Crippen LogP contribution in [0, 0.1) is 13.8 Å². The third-order valence-corrected chi connectivity index (χ3v) is 8.24. The number of carbonyl (C=O) groups is 4. The highest BCUT2D eigenvalue weighted by atomic mass is 16.5. The number of hydrogen-bond donors (Lipinski definition) is 2. The van der Waals surface area contributed by atoms with Crippen molar-refractivity contribution in [2.24, 2.45) is 0 Å². The highest BCUT2D eigenvalue weighted by molar-refractivity contribution is 6.06. The number of ether oxygens (including phenoxy) is 1. The molecular formula is C33H39N7O7. The zero-order valence-corrected chi connectivity index (χ0v) is 26.6. The first-order valence-corrected chi connectivity index (χ1v) is 15.7. The molecule has 3 aromatic heterocycles. The Kier molecular flexibility index (Phi) is 10.8. The van der Waals surface area contributed by atoms with Crippen molar-refractivity contribution in [1.82, 2.24) is 34.8 Å². The molecule has 5 heterocycles. The Bertz CT molecular complexity index is 1730. The Morgan fingerprint density at radius 3 is 2.57 bits per heavy atom. The number of rotatable bonds is 2. The van der Waals surface area contributed by atoms with Crippen LogP contribution >= 0.6 is 0 Å². The number of carbonyl (C=O) groups excluding carboxylic acids is 3. The molecule has 4 aromatic rings. The van der Waals surface area contributed by atoms with Gasteiger partial charge in [-0.2, -0.15) is 0 Å². The van der Waals surface area contributed by atoms with Crippen molar-refractivity contribution >= 4 is 35.3 Å². The third-order valence-electron chi connectivity index (χ3n) is 8.24. The Hall–Kier alpha value is -5.27. The molecule has 2 aliphatic heterocycles.